The van der Waals surface area contributed by atoms with Crippen LogP contribution in [0.5, 0.6) is 0 Å². The number of hydrogen-bond donors (Lipinski definition) is 1. The van der Waals surface area contributed by atoms with E-state index in [2.05, 4.69) is 43.4 Å². The molecular weight excluding hydrogens is 396 g/mol. The molecule has 3 aliphatic rings. The molecule has 0 unspecified atom stereocenters. The third-order valence-corrected chi connectivity index (χ3v) is 8.57. The molecule has 2 aromatic carbocycles. The van der Waals surface area contributed by atoms with E-state index in [0.29, 0.717) is 43.0 Å². The number of nitrogens with zero attached hydrogens (tertiary/aromatic N) is 1. The summed E-state index contributed by atoms with van der Waals surface area (Å²) in [5.41, 5.74) is 6.31. The third kappa shape index (κ3) is 3.27. The van der Waals surface area contributed by atoms with Crippen LogP contribution in [0.25, 0.3) is 0 Å². The fourth-order valence-electron chi connectivity index (χ4n) is 5.19. The van der Waals surface area contributed by atoms with Crippen molar-refractivity contribution in [1.29, 1.82) is 0 Å². The average molecular weight is 425 g/mol. The van der Waals surface area contributed by atoms with Crippen molar-refractivity contribution in [1.82, 2.24) is 4.31 Å². The van der Waals surface area contributed by atoms with Crippen molar-refractivity contribution in [2.24, 2.45) is 5.92 Å². The maximum atomic E-state index is 12.9. The van der Waals surface area contributed by atoms with Crippen LogP contribution in [-0.4, -0.2) is 39.0 Å². The zero-order valence-corrected chi connectivity index (χ0v) is 18.3. The molecule has 0 aromatic heterocycles. The molecule has 3 atom stereocenters. The van der Waals surface area contributed by atoms with Crippen molar-refractivity contribution in [2.75, 3.05) is 31.6 Å². The van der Waals surface area contributed by atoms with Gasteiger partial charge in [-0.3, -0.25) is 0 Å². The van der Waals surface area contributed by atoms with E-state index >= 15 is 0 Å². The van der Waals surface area contributed by atoms with Gasteiger partial charge in [0.15, 0.2) is 0 Å². The Morgan fingerprint density at radius 3 is 2.53 bits per heavy atom. The molecule has 1 fully saturated rings. The highest BCUT2D eigenvalue weighted by atomic mass is 32.2. The number of hydrogen-bond acceptors (Lipinski definition) is 4. The number of benzene rings is 2. The van der Waals surface area contributed by atoms with Gasteiger partial charge in [0.25, 0.3) is 0 Å². The summed E-state index contributed by atoms with van der Waals surface area (Å²) in [5.74, 6) is 0.849. The Hall–Kier alpha value is -2.15. The summed E-state index contributed by atoms with van der Waals surface area (Å²) < 4.78 is 32.7. The van der Waals surface area contributed by atoms with E-state index in [1.807, 2.05) is 12.1 Å². The van der Waals surface area contributed by atoms with Crippen molar-refractivity contribution in [3.63, 3.8) is 0 Å². The molecule has 5 rings (SSSR count). The number of nitrogens with one attached hydrogen (secondary N) is 1. The SMILES string of the molecule is Cc1cc(C)c2c(c1)[C@H]1C=CC[C@H]1[C@H](c1ccc(S(=O)(=O)N3CCOCC3)cc1)N2. The standard InChI is InChI=1S/C24H28N2O3S/c1-16-14-17(2)23-22(15-16)20-4-3-5-21(20)24(25-23)18-6-8-19(9-7-18)30(27,28)26-10-12-29-13-11-26/h3-4,6-9,14-15,20-21,24-25H,5,10-13H2,1-2H3/t20-,21+,24-/m0/s1. The predicted octanol–water partition coefficient (Wildman–Crippen LogP) is 4.15. The van der Waals surface area contributed by atoms with Crippen LogP contribution in [0.4, 0.5) is 5.69 Å². The zero-order valence-electron chi connectivity index (χ0n) is 17.5. The molecule has 0 spiro atoms. The normalized spacial score (nSPS) is 26.1. The highest BCUT2D eigenvalue weighted by Gasteiger charge is 2.38. The van der Waals surface area contributed by atoms with Crippen LogP contribution in [0, 0.1) is 19.8 Å². The quantitative estimate of drug-likeness (QED) is 0.752. The van der Waals surface area contributed by atoms with Gasteiger partial charge in [0.2, 0.25) is 10.0 Å². The first-order valence-corrected chi connectivity index (χ1v) is 12.1. The van der Waals surface area contributed by atoms with E-state index in [1.165, 1.54) is 26.7 Å². The second kappa shape index (κ2) is 7.52. The van der Waals surface area contributed by atoms with Crippen LogP contribution in [0.2, 0.25) is 0 Å². The Balaban J connectivity index is 1.46. The largest absolute Gasteiger partial charge is 0.379 e. The van der Waals surface area contributed by atoms with E-state index < -0.39 is 10.0 Å². The van der Waals surface area contributed by atoms with Gasteiger partial charge in [-0.1, -0.05) is 42.0 Å². The Kier molecular flexibility index (Phi) is 4.96. The zero-order chi connectivity index (χ0) is 20.9. The Morgan fingerprint density at radius 1 is 1.07 bits per heavy atom. The average Bonchev–Trinajstić information content (AvgIpc) is 3.24. The van der Waals surface area contributed by atoms with Crippen molar-refractivity contribution >= 4 is 15.7 Å². The summed E-state index contributed by atoms with van der Waals surface area (Å²) in [6, 6.07) is 12.2. The summed E-state index contributed by atoms with van der Waals surface area (Å²) in [6.07, 6.45) is 5.66. The van der Waals surface area contributed by atoms with Gasteiger partial charge in [0, 0.05) is 24.7 Å². The van der Waals surface area contributed by atoms with Crippen molar-refractivity contribution in [3.8, 4) is 0 Å². The first-order valence-electron chi connectivity index (χ1n) is 10.7. The second-order valence-corrected chi connectivity index (χ2v) is 10.5. The summed E-state index contributed by atoms with van der Waals surface area (Å²) >= 11 is 0. The monoisotopic (exact) mass is 424 g/mol. The number of anilines is 1. The Labute approximate surface area is 178 Å². The molecule has 1 aliphatic carbocycles. The molecule has 5 nitrogen and oxygen atoms in total. The molecule has 0 amide bonds. The second-order valence-electron chi connectivity index (χ2n) is 8.61. The summed E-state index contributed by atoms with van der Waals surface area (Å²) in [7, 11) is -3.47. The predicted molar refractivity (Wildman–Crippen MR) is 118 cm³/mol. The molecule has 2 aliphatic heterocycles. The van der Waals surface area contributed by atoms with Gasteiger partial charge >= 0.3 is 0 Å². The minimum Gasteiger partial charge on any atom is -0.379 e. The van der Waals surface area contributed by atoms with Gasteiger partial charge in [0.1, 0.15) is 0 Å². The lowest BCUT2D eigenvalue weighted by molar-refractivity contribution is 0.0730. The van der Waals surface area contributed by atoms with Crippen LogP contribution in [-0.2, 0) is 14.8 Å². The molecule has 158 valence electrons. The highest BCUT2D eigenvalue weighted by Crippen LogP contribution is 2.50. The minimum absolute atomic E-state index is 0.166. The molecule has 1 saturated heterocycles. The maximum absolute atomic E-state index is 12.9. The van der Waals surface area contributed by atoms with Gasteiger partial charge < -0.3 is 10.1 Å². The molecule has 2 aromatic rings. The van der Waals surface area contributed by atoms with E-state index in [-0.39, 0.29) is 6.04 Å². The van der Waals surface area contributed by atoms with Crippen LogP contribution in [0.3, 0.4) is 0 Å². The molecule has 6 heteroatoms. The number of morpholine rings is 1. The first-order chi connectivity index (χ1) is 14.4. The number of fused-ring (bicyclic) bond motifs is 3. The molecule has 0 bridgehead atoms. The van der Waals surface area contributed by atoms with Crippen LogP contribution in [0.1, 0.15) is 40.6 Å². The number of rotatable bonds is 3. The van der Waals surface area contributed by atoms with Crippen LogP contribution >= 0.6 is 0 Å². The summed E-state index contributed by atoms with van der Waals surface area (Å²) in [4.78, 5) is 0.359. The van der Waals surface area contributed by atoms with Gasteiger partial charge in [0.05, 0.1) is 24.2 Å². The van der Waals surface area contributed by atoms with Crippen LogP contribution in [0.15, 0.2) is 53.4 Å². The lowest BCUT2D eigenvalue weighted by Crippen LogP contribution is -2.40. The van der Waals surface area contributed by atoms with Crippen molar-refractivity contribution in [2.45, 2.75) is 37.1 Å². The molecule has 30 heavy (non-hydrogen) atoms. The number of ether oxygens (including phenoxy) is 1. The van der Waals surface area contributed by atoms with Gasteiger partial charge in [-0.2, -0.15) is 4.31 Å². The molecule has 2 heterocycles. The van der Waals surface area contributed by atoms with Gasteiger partial charge in [-0.25, -0.2) is 8.42 Å². The number of allylic oxidation sites excluding steroid dienone is 2. The highest BCUT2D eigenvalue weighted by molar-refractivity contribution is 7.89. The first kappa shape index (κ1) is 19.8. The number of aryl methyl sites for hydroxylation is 2. The van der Waals surface area contributed by atoms with Crippen molar-refractivity contribution < 1.29 is 13.2 Å². The van der Waals surface area contributed by atoms with Crippen molar-refractivity contribution in [3.05, 3.63) is 70.8 Å². The molecule has 0 saturated carbocycles. The summed E-state index contributed by atoms with van der Waals surface area (Å²) in [6.45, 7) is 6.06. The summed E-state index contributed by atoms with van der Waals surface area (Å²) in [5, 5.41) is 3.79. The Bertz CT molecular complexity index is 1090. The van der Waals surface area contributed by atoms with E-state index in [4.69, 9.17) is 4.74 Å². The fourth-order valence-corrected chi connectivity index (χ4v) is 6.59. The van der Waals surface area contributed by atoms with E-state index in [0.717, 1.165) is 12.0 Å². The van der Waals surface area contributed by atoms with E-state index in [1.54, 1.807) is 12.1 Å². The topological polar surface area (TPSA) is 58.6 Å². The minimum atomic E-state index is -3.47. The van der Waals surface area contributed by atoms with E-state index in [9.17, 15) is 8.42 Å². The lowest BCUT2D eigenvalue weighted by atomic mass is 9.76. The third-order valence-electron chi connectivity index (χ3n) is 6.66. The van der Waals surface area contributed by atoms with Gasteiger partial charge in [-0.15, -0.1) is 0 Å². The molecule has 1 N–H and O–H groups in total. The smallest absolute Gasteiger partial charge is 0.243 e. The van der Waals surface area contributed by atoms with Gasteiger partial charge in [-0.05, 0) is 55.0 Å². The van der Waals surface area contributed by atoms with Crippen LogP contribution < -0.4 is 5.32 Å². The molecular formula is C24H28N2O3S. The fraction of sp³-hybridized carbons (Fsp3) is 0.417. The number of sulfonamides is 1. The Morgan fingerprint density at radius 2 is 1.80 bits per heavy atom. The molecule has 0 radical (unpaired) electrons. The lowest BCUT2D eigenvalue weighted by Gasteiger charge is -2.38. The maximum Gasteiger partial charge on any atom is 0.243 e.